The van der Waals surface area contributed by atoms with E-state index in [0.29, 0.717) is 23.0 Å². The summed E-state index contributed by atoms with van der Waals surface area (Å²) in [6, 6.07) is 0.684. The van der Waals surface area contributed by atoms with E-state index >= 15 is 0 Å². The smallest absolute Gasteiger partial charge is 0.263 e. The van der Waals surface area contributed by atoms with Gasteiger partial charge in [0.15, 0.2) is 5.65 Å². The zero-order chi connectivity index (χ0) is 18.0. The summed E-state index contributed by atoms with van der Waals surface area (Å²) in [5, 5.41) is 8.13. The maximum atomic E-state index is 12.3. The van der Waals surface area contributed by atoms with Crippen molar-refractivity contribution >= 4 is 17.0 Å². The van der Waals surface area contributed by atoms with Crippen molar-refractivity contribution in [1.29, 1.82) is 0 Å². The molecule has 1 aliphatic rings. The fraction of sp³-hybridized carbons (Fsp3) is 0.722. The van der Waals surface area contributed by atoms with Gasteiger partial charge in [-0.05, 0) is 53.5 Å². The topological polar surface area (TPSA) is 78.8 Å². The average Bonchev–Trinajstić information content (AvgIpc) is 2.98. The minimum absolute atomic E-state index is 0.146. The van der Waals surface area contributed by atoms with Gasteiger partial charge in [-0.3, -0.25) is 9.78 Å². The number of rotatable bonds is 5. The van der Waals surface area contributed by atoms with E-state index in [1.807, 2.05) is 0 Å². The van der Waals surface area contributed by atoms with Gasteiger partial charge in [-0.25, -0.2) is 4.68 Å². The maximum absolute atomic E-state index is 12.3. The number of nitrogens with one attached hydrogen (secondary N) is 2. The van der Waals surface area contributed by atoms with E-state index in [9.17, 15) is 4.79 Å². The van der Waals surface area contributed by atoms with Gasteiger partial charge < -0.3 is 10.2 Å². The number of fused-ring (bicyclic) bond motifs is 1. The number of aromatic amines is 1. The van der Waals surface area contributed by atoms with E-state index in [4.69, 9.17) is 0 Å². The normalized spacial score (nSPS) is 19.4. The Hall–Kier alpha value is -1.89. The van der Waals surface area contributed by atoms with Crippen LogP contribution in [0.4, 0.5) is 5.95 Å². The van der Waals surface area contributed by atoms with Crippen LogP contribution in [0.5, 0.6) is 0 Å². The first kappa shape index (κ1) is 17.9. The summed E-state index contributed by atoms with van der Waals surface area (Å²) in [4.78, 5) is 22.2. The molecular formula is C18H30N6O. The van der Waals surface area contributed by atoms with Gasteiger partial charge in [-0.1, -0.05) is 6.42 Å². The second-order valence-electron chi connectivity index (χ2n) is 8.04. The van der Waals surface area contributed by atoms with Crippen LogP contribution in [0.1, 0.15) is 53.4 Å². The van der Waals surface area contributed by atoms with Crippen LogP contribution in [0.2, 0.25) is 0 Å². The third-order valence-corrected chi connectivity index (χ3v) is 4.93. The van der Waals surface area contributed by atoms with Crippen LogP contribution in [0.15, 0.2) is 11.0 Å². The molecule has 2 N–H and O–H groups in total. The molecule has 0 aliphatic carbocycles. The molecule has 0 amide bonds. The lowest BCUT2D eigenvalue weighted by Gasteiger charge is -2.33. The monoisotopic (exact) mass is 346 g/mol. The van der Waals surface area contributed by atoms with Crippen LogP contribution in [0.25, 0.3) is 11.0 Å². The summed E-state index contributed by atoms with van der Waals surface area (Å²) in [6.07, 6.45) is 6.58. The molecule has 25 heavy (non-hydrogen) atoms. The SMILES string of the molecule is CC1CCCCN1CCCNc1nc2c(cnn2C(C)(C)C)c(=O)[nH]1. The molecule has 138 valence electrons. The molecule has 1 unspecified atom stereocenters. The van der Waals surface area contributed by atoms with E-state index in [1.165, 1.54) is 25.8 Å². The number of H-pyrrole nitrogens is 1. The number of likely N-dealkylation sites (tertiary alicyclic amines) is 1. The number of aromatic nitrogens is 4. The van der Waals surface area contributed by atoms with Crippen LogP contribution >= 0.6 is 0 Å². The van der Waals surface area contributed by atoms with E-state index in [1.54, 1.807) is 10.9 Å². The van der Waals surface area contributed by atoms with Gasteiger partial charge in [0, 0.05) is 19.1 Å². The molecule has 0 saturated carbocycles. The lowest BCUT2D eigenvalue weighted by molar-refractivity contribution is 0.160. The van der Waals surface area contributed by atoms with Crippen molar-refractivity contribution in [2.75, 3.05) is 25.0 Å². The average molecular weight is 346 g/mol. The Kier molecular flexibility index (Phi) is 5.13. The van der Waals surface area contributed by atoms with Gasteiger partial charge in [-0.15, -0.1) is 0 Å². The Bertz CT molecular complexity index is 772. The van der Waals surface area contributed by atoms with Crippen molar-refractivity contribution in [1.82, 2.24) is 24.6 Å². The van der Waals surface area contributed by atoms with Gasteiger partial charge >= 0.3 is 0 Å². The predicted octanol–water partition coefficient (Wildman–Crippen LogP) is 2.55. The Labute approximate surface area is 148 Å². The third kappa shape index (κ3) is 4.03. The summed E-state index contributed by atoms with van der Waals surface area (Å²) in [5.74, 6) is 0.523. The molecule has 1 saturated heterocycles. The molecule has 7 heteroatoms. The summed E-state index contributed by atoms with van der Waals surface area (Å²) in [5.41, 5.74) is 0.264. The summed E-state index contributed by atoms with van der Waals surface area (Å²) in [7, 11) is 0. The zero-order valence-electron chi connectivity index (χ0n) is 15.8. The predicted molar refractivity (Wildman–Crippen MR) is 101 cm³/mol. The molecule has 1 fully saturated rings. The van der Waals surface area contributed by atoms with Crippen molar-refractivity contribution in [3.63, 3.8) is 0 Å². The van der Waals surface area contributed by atoms with Gasteiger partial charge in [0.05, 0.1) is 11.7 Å². The lowest BCUT2D eigenvalue weighted by Crippen LogP contribution is -2.38. The minimum Gasteiger partial charge on any atom is -0.356 e. The van der Waals surface area contributed by atoms with Crippen LogP contribution in [-0.2, 0) is 5.54 Å². The van der Waals surface area contributed by atoms with Crippen LogP contribution in [0.3, 0.4) is 0 Å². The molecule has 0 spiro atoms. The summed E-state index contributed by atoms with van der Waals surface area (Å²) in [6.45, 7) is 11.5. The van der Waals surface area contributed by atoms with E-state index in [2.05, 4.69) is 53.0 Å². The molecule has 3 heterocycles. The highest BCUT2D eigenvalue weighted by Crippen LogP contribution is 2.19. The molecule has 0 aromatic carbocycles. The van der Waals surface area contributed by atoms with Crippen molar-refractivity contribution in [2.24, 2.45) is 0 Å². The highest BCUT2D eigenvalue weighted by Gasteiger charge is 2.20. The Balaban J connectivity index is 1.64. The van der Waals surface area contributed by atoms with Crippen LogP contribution in [0, 0.1) is 0 Å². The zero-order valence-corrected chi connectivity index (χ0v) is 15.8. The molecule has 1 aliphatic heterocycles. The maximum Gasteiger partial charge on any atom is 0.263 e. The lowest BCUT2D eigenvalue weighted by atomic mass is 10.0. The van der Waals surface area contributed by atoms with Crippen LogP contribution in [-0.4, -0.2) is 50.3 Å². The number of hydrogen-bond donors (Lipinski definition) is 2. The first-order valence-corrected chi connectivity index (χ1v) is 9.33. The summed E-state index contributed by atoms with van der Waals surface area (Å²) < 4.78 is 1.80. The van der Waals surface area contributed by atoms with Crippen molar-refractivity contribution < 1.29 is 0 Å². The first-order chi connectivity index (χ1) is 11.9. The molecular weight excluding hydrogens is 316 g/mol. The van der Waals surface area contributed by atoms with Gasteiger partial charge in [-0.2, -0.15) is 10.1 Å². The Morgan fingerprint density at radius 1 is 1.36 bits per heavy atom. The number of piperidine rings is 1. The fourth-order valence-electron chi connectivity index (χ4n) is 3.47. The fourth-order valence-corrected chi connectivity index (χ4v) is 3.47. The van der Waals surface area contributed by atoms with Crippen molar-refractivity contribution in [3.05, 3.63) is 16.6 Å². The molecule has 0 bridgehead atoms. The Morgan fingerprint density at radius 3 is 2.88 bits per heavy atom. The molecule has 2 aromatic heterocycles. The van der Waals surface area contributed by atoms with Gasteiger partial charge in [0.2, 0.25) is 5.95 Å². The third-order valence-electron chi connectivity index (χ3n) is 4.93. The first-order valence-electron chi connectivity index (χ1n) is 9.33. The second-order valence-corrected chi connectivity index (χ2v) is 8.04. The number of nitrogens with zero attached hydrogens (tertiary/aromatic N) is 4. The van der Waals surface area contributed by atoms with Crippen molar-refractivity contribution in [3.8, 4) is 0 Å². The minimum atomic E-state index is -0.218. The van der Waals surface area contributed by atoms with Crippen LogP contribution < -0.4 is 10.9 Å². The molecule has 3 rings (SSSR count). The van der Waals surface area contributed by atoms with Crippen molar-refractivity contribution in [2.45, 2.75) is 65.0 Å². The molecule has 0 radical (unpaired) electrons. The standard InChI is InChI=1S/C18H30N6O/c1-13-8-5-6-10-23(13)11-7-9-19-17-21-15-14(16(25)22-17)12-20-24(15)18(2,3)4/h12-13H,5-11H2,1-4H3,(H2,19,21,22,25). The van der Waals surface area contributed by atoms with E-state index in [-0.39, 0.29) is 11.1 Å². The van der Waals surface area contributed by atoms with Gasteiger partial charge in [0.1, 0.15) is 5.39 Å². The molecule has 7 nitrogen and oxygen atoms in total. The quantitative estimate of drug-likeness (QED) is 0.814. The number of anilines is 1. The molecule has 1 atom stereocenters. The van der Waals surface area contributed by atoms with E-state index in [0.717, 1.165) is 19.5 Å². The largest absolute Gasteiger partial charge is 0.356 e. The summed E-state index contributed by atoms with van der Waals surface area (Å²) >= 11 is 0. The van der Waals surface area contributed by atoms with E-state index < -0.39 is 0 Å². The van der Waals surface area contributed by atoms with Gasteiger partial charge in [0.25, 0.3) is 5.56 Å². The number of hydrogen-bond acceptors (Lipinski definition) is 5. The molecule has 2 aromatic rings. The Morgan fingerprint density at radius 2 is 2.16 bits per heavy atom. The second kappa shape index (κ2) is 7.15. The highest BCUT2D eigenvalue weighted by molar-refractivity contribution is 5.74. The highest BCUT2D eigenvalue weighted by atomic mass is 16.1.